The minimum atomic E-state index is -0.111. The van der Waals surface area contributed by atoms with E-state index in [-0.39, 0.29) is 16.2 Å². The second-order valence-corrected chi connectivity index (χ2v) is 26.3. The van der Waals surface area contributed by atoms with Crippen LogP contribution >= 0.6 is 0 Å². The Bertz CT molecular complexity index is 3810. The number of fused-ring (bicyclic) bond motifs is 4. The van der Waals surface area contributed by atoms with Gasteiger partial charge in [-0.2, -0.15) is 0 Å². The van der Waals surface area contributed by atoms with E-state index in [1.807, 2.05) is 0 Å². The number of nitrogens with zero attached hydrogens (tertiary/aromatic N) is 2. The molecule has 10 rings (SSSR count). The zero-order valence-corrected chi connectivity index (χ0v) is 49.3. The Hall–Kier alpha value is -7.16. The van der Waals surface area contributed by atoms with E-state index in [4.69, 9.17) is 0 Å². The maximum Gasteiger partial charge on any atom is 0.0618 e. The molecule has 0 unspecified atom stereocenters. The van der Waals surface area contributed by atoms with Crippen molar-refractivity contribution in [1.29, 1.82) is 0 Å². The molecule has 0 amide bonds. The van der Waals surface area contributed by atoms with E-state index in [0.29, 0.717) is 17.8 Å². The van der Waals surface area contributed by atoms with Crippen molar-refractivity contribution in [3.63, 3.8) is 0 Å². The Balaban J connectivity index is 1.46. The molecule has 0 aliphatic rings. The fourth-order valence-corrected chi connectivity index (χ4v) is 11.4. The molecule has 77 heavy (non-hydrogen) atoms. The Kier molecular flexibility index (Phi) is 13.8. The predicted molar refractivity (Wildman–Crippen MR) is 339 cm³/mol. The molecule has 0 bridgehead atoms. The molecule has 0 aliphatic heterocycles. The Morgan fingerprint density at radius 2 is 0.545 bits per heavy atom. The second-order valence-electron chi connectivity index (χ2n) is 26.3. The van der Waals surface area contributed by atoms with Gasteiger partial charge in [0.05, 0.1) is 11.4 Å². The fraction of sp³-hybridized carbons (Fsp3) is 0.307. The Morgan fingerprint density at radius 1 is 0.273 bits per heavy atom. The molecular weight excluding hydrogens is 929 g/mol. The zero-order chi connectivity index (χ0) is 55.0. The molecule has 0 aromatic heterocycles. The van der Waals surface area contributed by atoms with E-state index in [1.165, 1.54) is 110 Å². The maximum atomic E-state index is 2.55. The van der Waals surface area contributed by atoms with Gasteiger partial charge in [-0.05, 0) is 181 Å². The summed E-state index contributed by atoms with van der Waals surface area (Å²) in [4.78, 5) is 5.10. The number of benzene rings is 10. The molecule has 10 aromatic rings. The lowest BCUT2D eigenvalue weighted by Gasteiger charge is -2.33. The second kappa shape index (κ2) is 20.0. The minimum Gasteiger partial charge on any atom is -0.309 e. The number of hydrogen-bond acceptors (Lipinski definition) is 2. The van der Waals surface area contributed by atoms with E-state index in [9.17, 15) is 0 Å². The van der Waals surface area contributed by atoms with Crippen LogP contribution in [0.25, 0.3) is 54.2 Å². The van der Waals surface area contributed by atoms with Gasteiger partial charge in [-0.1, -0.05) is 218 Å². The highest BCUT2D eigenvalue weighted by molar-refractivity contribution is 6.31. The van der Waals surface area contributed by atoms with Gasteiger partial charge in [-0.25, -0.2) is 0 Å². The third kappa shape index (κ3) is 10.1. The highest BCUT2D eigenvalue weighted by atomic mass is 15.2. The highest BCUT2D eigenvalue weighted by Crippen LogP contribution is 2.55. The van der Waals surface area contributed by atoms with Gasteiger partial charge in [0.15, 0.2) is 0 Å². The predicted octanol–water partition coefficient (Wildman–Crippen LogP) is 22.8. The number of anilines is 6. The lowest BCUT2D eigenvalue weighted by molar-refractivity contribution is 0.590. The number of rotatable bonds is 10. The lowest BCUT2D eigenvalue weighted by atomic mass is 9.78. The summed E-state index contributed by atoms with van der Waals surface area (Å²) in [5, 5.41) is 9.93. The first-order chi connectivity index (χ1) is 36.4. The van der Waals surface area contributed by atoms with Crippen molar-refractivity contribution >= 4 is 77.2 Å². The van der Waals surface area contributed by atoms with E-state index >= 15 is 0 Å². The quantitative estimate of drug-likeness (QED) is 0.126. The molecule has 0 spiro atoms. The third-order valence-corrected chi connectivity index (χ3v) is 16.4. The van der Waals surface area contributed by atoms with Crippen LogP contribution in [0, 0.1) is 13.8 Å². The van der Waals surface area contributed by atoms with E-state index < -0.39 is 0 Å². The van der Waals surface area contributed by atoms with Gasteiger partial charge in [-0.3, -0.25) is 0 Å². The van der Waals surface area contributed by atoms with Gasteiger partial charge in [0.2, 0.25) is 0 Å². The molecule has 0 atom stereocenters. The van der Waals surface area contributed by atoms with E-state index in [0.717, 1.165) is 22.7 Å². The molecule has 0 radical (unpaired) electrons. The summed E-state index contributed by atoms with van der Waals surface area (Å²) in [5.74, 6) is 1.16. The van der Waals surface area contributed by atoms with Crippen LogP contribution in [0.5, 0.6) is 0 Å². The molecule has 2 heteroatoms. The first-order valence-electron chi connectivity index (χ1n) is 28.4. The van der Waals surface area contributed by atoms with Crippen LogP contribution in [0.1, 0.15) is 166 Å². The maximum absolute atomic E-state index is 2.55. The lowest BCUT2D eigenvalue weighted by Crippen LogP contribution is -2.15. The molecule has 0 heterocycles. The smallest absolute Gasteiger partial charge is 0.0618 e. The molecule has 2 nitrogen and oxygen atoms in total. The summed E-state index contributed by atoms with van der Waals surface area (Å²) in [6.45, 7) is 39.4. The molecule has 10 aromatic carbocycles. The van der Waals surface area contributed by atoms with Crippen LogP contribution in [0.3, 0.4) is 0 Å². The molecule has 0 saturated heterocycles. The van der Waals surface area contributed by atoms with Crippen LogP contribution in [-0.2, 0) is 16.2 Å². The molecule has 0 N–H and O–H groups in total. The van der Waals surface area contributed by atoms with Crippen molar-refractivity contribution in [3.05, 3.63) is 214 Å². The van der Waals surface area contributed by atoms with Crippen LogP contribution in [0.4, 0.5) is 34.1 Å². The van der Waals surface area contributed by atoms with Crippen LogP contribution < -0.4 is 9.80 Å². The Labute approximate surface area is 461 Å². The fourth-order valence-electron chi connectivity index (χ4n) is 11.4. The average Bonchev–Trinajstić information content (AvgIpc) is 3.56. The number of hydrogen-bond donors (Lipinski definition) is 0. The van der Waals surface area contributed by atoms with Crippen molar-refractivity contribution in [2.45, 2.75) is 152 Å². The van der Waals surface area contributed by atoms with Gasteiger partial charge in [0, 0.05) is 44.3 Å². The number of aryl methyl sites for hydroxylation is 2. The molecular formula is C75H82N2. The Morgan fingerprint density at radius 3 is 0.870 bits per heavy atom. The van der Waals surface area contributed by atoms with Crippen LogP contribution in [-0.4, -0.2) is 0 Å². The highest BCUT2D eigenvalue weighted by Gasteiger charge is 2.30. The first kappa shape index (κ1) is 53.2. The SMILES string of the molecule is Cc1ccc(N(c2ccc(C(C)C)cc2)c2c3ccc(C(C)C)cc3c(-c3c4cc(C(C)(C)C)ccc4c(N(c4ccc(C)cc4)c4ccc(C(C)C)cc4)c4cc(C(C)(C)C)ccc34)c3ccc(C(C)(C)C)cc23)cc1. The molecule has 0 aliphatic carbocycles. The van der Waals surface area contributed by atoms with Gasteiger partial charge in [0.25, 0.3) is 0 Å². The standard InChI is InChI=1S/C75H82N2/c1-46(2)51-22-34-59(35-23-51)76(57-30-18-49(7)19-31-57)71-63-38-26-53(48(5)6)42-65(63)69(61-39-27-55(44-67(61)71)74(12,13)14)70-62-40-28-56(75(15,16)17)45-68(62)72(64-41-29-54(43-66(64)70)73(9,10)11)77(58-32-20-50(8)21-33-58)60-36-24-52(25-37-60)47(3)4/h18-48H,1-17H3. The summed E-state index contributed by atoms with van der Waals surface area (Å²) in [5.41, 5.74) is 19.6. The summed E-state index contributed by atoms with van der Waals surface area (Å²) < 4.78 is 0. The van der Waals surface area contributed by atoms with Crippen molar-refractivity contribution in [3.8, 4) is 11.1 Å². The monoisotopic (exact) mass is 1010 g/mol. The van der Waals surface area contributed by atoms with Crippen LogP contribution in [0.15, 0.2) is 170 Å². The zero-order valence-electron chi connectivity index (χ0n) is 49.3. The van der Waals surface area contributed by atoms with Crippen molar-refractivity contribution < 1.29 is 0 Å². The molecule has 0 saturated carbocycles. The summed E-state index contributed by atoms with van der Waals surface area (Å²) in [6, 6.07) is 66.6. The summed E-state index contributed by atoms with van der Waals surface area (Å²) in [6.07, 6.45) is 0. The largest absolute Gasteiger partial charge is 0.309 e. The van der Waals surface area contributed by atoms with Crippen LogP contribution in [0.2, 0.25) is 0 Å². The van der Waals surface area contributed by atoms with Gasteiger partial charge in [-0.15, -0.1) is 0 Å². The molecule has 0 fully saturated rings. The van der Waals surface area contributed by atoms with Crippen molar-refractivity contribution in [2.75, 3.05) is 9.80 Å². The molecule has 392 valence electrons. The topological polar surface area (TPSA) is 6.48 Å². The summed E-state index contributed by atoms with van der Waals surface area (Å²) in [7, 11) is 0. The van der Waals surface area contributed by atoms with Gasteiger partial charge in [0.1, 0.15) is 0 Å². The minimum absolute atomic E-state index is 0.103. The first-order valence-corrected chi connectivity index (χ1v) is 28.4. The normalized spacial score (nSPS) is 12.6. The van der Waals surface area contributed by atoms with Gasteiger partial charge >= 0.3 is 0 Å². The van der Waals surface area contributed by atoms with Crippen molar-refractivity contribution in [2.24, 2.45) is 0 Å². The van der Waals surface area contributed by atoms with Crippen molar-refractivity contribution in [1.82, 2.24) is 0 Å². The van der Waals surface area contributed by atoms with E-state index in [2.05, 4.69) is 297 Å². The summed E-state index contributed by atoms with van der Waals surface area (Å²) >= 11 is 0. The average molecular weight is 1010 g/mol. The van der Waals surface area contributed by atoms with Gasteiger partial charge < -0.3 is 9.80 Å². The van der Waals surface area contributed by atoms with E-state index in [1.54, 1.807) is 0 Å². The third-order valence-electron chi connectivity index (χ3n) is 16.4.